The number of carbonyl (C=O) groups is 1. The number of benzene rings is 2. The minimum atomic E-state index is -0.0242. The Morgan fingerprint density at radius 2 is 1.90 bits per heavy atom. The molecule has 1 N–H and O–H groups in total. The number of rotatable bonds is 7. The van der Waals surface area contributed by atoms with Crippen molar-refractivity contribution in [1.82, 2.24) is 4.98 Å². The number of amides is 1. The van der Waals surface area contributed by atoms with E-state index < -0.39 is 0 Å². The van der Waals surface area contributed by atoms with E-state index in [1.165, 1.54) is 47.3 Å². The average molecular weight is 407 g/mol. The van der Waals surface area contributed by atoms with Gasteiger partial charge in [-0.25, -0.2) is 4.98 Å². The monoisotopic (exact) mass is 406 g/mol. The third-order valence-electron chi connectivity index (χ3n) is 5.23. The lowest BCUT2D eigenvalue weighted by atomic mass is 9.90. The van der Waals surface area contributed by atoms with Gasteiger partial charge in [0.1, 0.15) is 5.75 Å². The molecule has 4 rings (SSSR count). The molecule has 0 bridgehead atoms. The molecule has 4 nitrogen and oxygen atoms in total. The van der Waals surface area contributed by atoms with Crippen LogP contribution < -0.4 is 10.1 Å². The molecular formula is C24H26N2O2S. The molecule has 2 aromatic carbocycles. The number of ether oxygens (including phenoxy) is 1. The van der Waals surface area contributed by atoms with Crippen LogP contribution in [0.3, 0.4) is 0 Å². The molecular weight excluding hydrogens is 380 g/mol. The molecule has 3 aromatic rings. The predicted molar refractivity (Wildman–Crippen MR) is 119 cm³/mol. The van der Waals surface area contributed by atoms with Gasteiger partial charge in [0.15, 0.2) is 5.13 Å². The third kappa shape index (κ3) is 5.24. The van der Waals surface area contributed by atoms with Crippen molar-refractivity contribution in [3.8, 4) is 17.0 Å². The first kappa shape index (κ1) is 19.6. The highest BCUT2D eigenvalue weighted by Crippen LogP contribution is 2.29. The molecule has 1 heterocycles. The topological polar surface area (TPSA) is 51.2 Å². The molecule has 1 aliphatic rings. The molecule has 0 atom stereocenters. The van der Waals surface area contributed by atoms with Crippen LogP contribution in [0.4, 0.5) is 5.13 Å². The summed E-state index contributed by atoms with van der Waals surface area (Å²) < 4.78 is 5.68. The van der Waals surface area contributed by atoms with E-state index in [0.717, 1.165) is 23.4 Å². The maximum atomic E-state index is 12.2. The van der Waals surface area contributed by atoms with E-state index in [4.69, 9.17) is 4.74 Å². The summed E-state index contributed by atoms with van der Waals surface area (Å²) >= 11 is 1.47. The van der Waals surface area contributed by atoms with Crippen LogP contribution in [0.15, 0.2) is 47.8 Å². The number of hydrogen-bond acceptors (Lipinski definition) is 4. The van der Waals surface area contributed by atoms with Gasteiger partial charge < -0.3 is 10.1 Å². The Balaban J connectivity index is 1.26. The SMILES string of the molecule is Cc1ccc(OCCCC(=O)Nc2nc(-c3ccc4c(c3)CCCC4)cs2)cc1. The van der Waals surface area contributed by atoms with Crippen LogP contribution in [-0.2, 0) is 17.6 Å². The molecule has 0 saturated carbocycles. The number of nitrogens with zero attached hydrogens (tertiary/aromatic N) is 1. The first-order valence-electron chi connectivity index (χ1n) is 10.2. The summed E-state index contributed by atoms with van der Waals surface area (Å²) in [5.41, 5.74) is 6.18. The maximum Gasteiger partial charge on any atom is 0.226 e. The van der Waals surface area contributed by atoms with E-state index in [0.29, 0.717) is 24.6 Å². The van der Waals surface area contributed by atoms with E-state index in [9.17, 15) is 4.79 Å². The normalized spacial score (nSPS) is 13.0. The summed E-state index contributed by atoms with van der Waals surface area (Å²) in [4.78, 5) is 16.8. The van der Waals surface area contributed by atoms with Crippen molar-refractivity contribution >= 4 is 22.4 Å². The fraction of sp³-hybridized carbons (Fsp3) is 0.333. The van der Waals surface area contributed by atoms with Crippen LogP contribution in [0.25, 0.3) is 11.3 Å². The van der Waals surface area contributed by atoms with Crippen molar-refractivity contribution in [2.24, 2.45) is 0 Å². The summed E-state index contributed by atoms with van der Waals surface area (Å²) in [6.45, 7) is 2.57. The Morgan fingerprint density at radius 1 is 1.10 bits per heavy atom. The predicted octanol–water partition coefficient (Wildman–Crippen LogP) is 5.80. The zero-order valence-corrected chi connectivity index (χ0v) is 17.6. The smallest absolute Gasteiger partial charge is 0.226 e. The van der Waals surface area contributed by atoms with Gasteiger partial charge in [-0.05, 0) is 68.4 Å². The number of carbonyl (C=O) groups excluding carboxylic acids is 1. The molecule has 1 amide bonds. The van der Waals surface area contributed by atoms with Crippen LogP contribution in [-0.4, -0.2) is 17.5 Å². The molecule has 1 aliphatic carbocycles. The minimum Gasteiger partial charge on any atom is -0.494 e. The molecule has 0 aliphatic heterocycles. The van der Waals surface area contributed by atoms with E-state index >= 15 is 0 Å². The Morgan fingerprint density at radius 3 is 2.72 bits per heavy atom. The summed E-state index contributed by atoms with van der Waals surface area (Å²) in [5.74, 6) is 0.814. The zero-order valence-electron chi connectivity index (χ0n) is 16.7. The lowest BCUT2D eigenvalue weighted by Crippen LogP contribution is -2.12. The minimum absolute atomic E-state index is 0.0242. The first-order chi connectivity index (χ1) is 14.2. The van der Waals surface area contributed by atoms with E-state index in [2.05, 4.69) is 28.5 Å². The van der Waals surface area contributed by atoms with E-state index in [-0.39, 0.29) is 5.91 Å². The molecule has 0 spiro atoms. The van der Waals surface area contributed by atoms with Crippen molar-refractivity contribution in [2.45, 2.75) is 45.4 Å². The molecule has 150 valence electrons. The van der Waals surface area contributed by atoms with Gasteiger partial charge in [-0.3, -0.25) is 4.79 Å². The van der Waals surface area contributed by atoms with Gasteiger partial charge in [-0.2, -0.15) is 0 Å². The molecule has 1 aromatic heterocycles. The standard InChI is InChI=1S/C24H26N2O2S/c1-17-8-12-21(13-9-17)28-14-4-7-23(27)26-24-25-22(16-29-24)20-11-10-18-5-2-3-6-19(18)15-20/h8-13,15-16H,2-7,14H2,1H3,(H,25,26,27). The number of hydrogen-bond donors (Lipinski definition) is 1. The number of fused-ring (bicyclic) bond motifs is 1. The summed E-state index contributed by atoms with van der Waals surface area (Å²) in [7, 11) is 0. The van der Waals surface area contributed by atoms with Gasteiger partial charge in [0.05, 0.1) is 12.3 Å². The fourth-order valence-corrected chi connectivity index (χ4v) is 4.33. The lowest BCUT2D eigenvalue weighted by Gasteiger charge is -2.16. The van der Waals surface area contributed by atoms with E-state index in [1.807, 2.05) is 36.6 Å². The zero-order chi connectivity index (χ0) is 20.1. The number of thiazole rings is 1. The lowest BCUT2D eigenvalue weighted by molar-refractivity contribution is -0.116. The maximum absolute atomic E-state index is 12.2. The van der Waals surface area contributed by atoms with Crippen LogP contribution >= 0.6 is 11.3 Å². The molecule has 5 heteroatoms. The second-order valence-corrected chi connectivity index (χ2v) is 8.40. The summed E-state index contributed by atoms with van der Waals surface area (Å²) in [5, 5.41) is 5.58. The number of nitrogens with one attached hydrogen (secondary N) is 1. The Kier molecular flexibility index (Phi) is 6.25. The van der Waals surface area contributed by atoms with Crippen molar-refractivity contribution < 1.29 is 9.53 Å². The summed E-state index contributed by atoms with van der Waals surface area (Å²) in [6.07, 6.45) is 5.98. The Hall–Kier alpha value is -2.66. The molecule has 0 radical (unpaired) electrons. The largest absolute Gasteiger partial charge is 0.494 e. The quantitative estimate of drug-likeness (QED) is 0.505. The van der Waals surface area contributed by atoms with Crippen LogP contribution in [0, 0.1) is 6.92 Å². The summed E-state index contributed by atoms with van der Waals surface area (Å²) in [6, 6.07) is 14.6. The van der Waals surface area contributed by atoms with E-state index in [1.54, 1.807) is 0 Å². The van der Waals surface area contributed by atoms with Crippen LogP contribution in [0.2, 0.25) is 0 Å². The van der Waals surface area contributed by atoms with Crippen molar-refractivity contribution in [3.63, 3.8) is 0 Å². The van der Waals surface area contributed by atoms with Crippen molar-refractivity contribution in [3.05, 3.63) is 64.5 Å². The van der Waals surface area contributed by atoms with Gasteiger partial charge >= 0.3 is 0 Å². The van der Waals surface area contributed by atoms with Gasteiger partial charge in [-0.1, -0.05) is 29.8 Å². The third-order valence-corrected chi connectivity index (χ3v) is 5.99. The first-order valence-corrected chi connectivity index (χ1v) is 11.1. The Bertz CT molecular complexity index is 979. The molecule has 0 unspecified atom stereocenters. The molecule has 0 saturated heterocycles. The van der Waals surface area contributed by atoms with Gasteiger partial charge in [-0.15, -0.1) is 11.3 Å². The van der Waals surface area contributed by atoms with Gasteiger partial charge in [0.25, 0.3) is 0 Å². The highest BCUT2D eigenvalue weighted by atomic mass is 32.1. The van der Waals surface area contributed by atoms with Crippen LogP contribution in [0.5, 0.6) is 5.75 Å². The number of aryl methyl sites for hydroxylation is 3. The number of anilines is 1. The second kappa shape index (κ2) is 9.23. The molecule has 29 heavy (non-hydrogen) atoms. The van der Waals surface area contributed by atoms with Crippen molar-refractivity contribution in [1.29, 1.82) is 0 Å². The fourth-order valence-electron chi connectivity index (χ4n) is 3.60. The number of aromatic nitrogens is 1. The highest BCUT2D eigenvalue weighted by Gasteiger charge is 2.12. The molecule has 0 fully saturated rings. The van der Waals surface area contributed by atoms with Gasteiger partial charge in [0.2, 0.25) is 5.91 Å². The highest BCUT2D eigenvalue weighted by molar-refractivity contribution is 7.14. The van der Waals surface area contributed by atoms with Crippen molar-refractivity contribution in [2.75, 3.05) is 11.9 Å². The Labute approximate surface area is 176 Å². The average Bonchev–Trinajstić information content (AvgIpc) is 3.20. The van der Waals surface area contributed by atoms with Gasteiger partial charge in [0, 0.05) is 17.4 Å². The second-order valence-electron chi connectivity index (χ2n) is 7.54. The van der Waals surface area contributed by atoms with Crippen LogP contribution in [0.1, 0.15) is 42.4 Å².